The fraction of sp³-hybridized carbons (Fsp3) is 0.450. The average molecular weight is 449 g/mol. The second-order valence-electron chi connectivity index (χ2n) is 7.53. The Bertz CT molecular complexity index is 1210. The summed E-state index contributed by atoms with van der Waals surface area (Å²) in [5.74, 6) is 1.02. The number of hydrogen-bond donors (Lipinski definition) is 2. The average Bonchev–Trinajstić information content (AvgIpc) is 3.15. The molecule has 4 rings (SSSR count). The molecule has 1 fully saturated rings. The number of nitrogens with one attached hydrogen (secondary N) is 1. The van der Waals surface area contributed by atoms with Crippen molar-refractivity contribution in [2.75, 3.05) is 37.7 Å². The van der Waals surface area contributed by atoms with Gasteiger partial charge in [-0.1, -0.05) is 23.7 Å². The van der Waals surface area contributed by atoms with Crippen molar-refractivity contribution in [1.29, 1.82) is 0 Å². The maximum absolute atomic E-state index is 13.0. The third-order valence-corrected chi connectivity index (χ3v) is 5.70. The molecule has 0 amide bonds. The van der Waals surface area contributed by atoms with Gasteiger partial charge in [-0.25, -0.2) is 4.79 Å². The number of hydrogen-bond acceptors (Lipinski definition) is 7. The number of aliphatic hydroxyl groups excluding tert-OH is 1. The fourth-order valence-corrected chi connectivity index (χ4v) is 3.92. The molecule has 1 aromatic carbocycles. The van der Waals surface area contributed by atoms with E-state index in [2.05, 4.69) is 10.3 Å². The standard InChI is InChI=1S/C20H25ClN6O4/c1-24-17-16(18(29)25(2)20(24)30)27(19(23-17)26-9-7-22-8-10-26)11-13(28)12-31-15-6-4-3-5-14(15)21/h3-6,13,22,28H,7-12H2,1-2H3/t13-/m1/s1. The first-order valence-corrected chi connectivity index (χ1v) is 10.4. The summed E-state index contributed by atoms with van der Waals surface area (Å²) in [5, 5.41) is 14.4. The summed E-state index contributed by atoms with van der Waals surface area (Å²) >= 11 is 6.11. The number of aliphatic hydroxyl groups is 1. The molecule has 3 aromatic rings. The third kappa shape index (κ3) is 4.06. The number of rotatable bonds is 6. The van der Waals surface area contributed by atoms with Crippen molar-refractivity contribution in [3.63, 3.8) is 0 Å². The molecule has 31 heavy (non-hydrogen) atoms. The monoisotopic (exact) mass is 448 g/mol. The second kappa shape index (κ2) is 8.74. The Kier molecular flexibility index (Phi) is 6.03. The lowest BCUT2D eigenvalue weighted by atomic mass is 10.3. The maximum atomic E-state index is 13.0. The lowest BCUT2D eigenvalue weighted by Gasteiger charge is -2.29. The maximum Gasteiger partial charge on any atom is 0.332 e. The van der Waals surface area contributed by atoms with Gasteiger partial charge < -0.3 is 24.6 Å². The van der Waals surface area contributed by atoms with Gasteiger partial charge in [0.2, 0.25) is 5.95 Å². The van der Waals surface area contributed by atoms with E-state index in [1.54, 1.807) is 35.9 Å². The smallest absolute Gasteiger partial charge is 0.332 e. The number of imidazole rings is 1. The molecule has 10 nitrogen and oxygen atoms in total. The highest BCUT2D eigenvalue weighted by Gasteiger charge is 2.25. The van der Waals surface area contributed by atoms with Crippen LogP contribution >= 0.6 is 11.6 Å². The van der Waals surface area contributed by atoms with Crippen molar-refractivity contribution in [3.8, 4) is 5.75 Å². The molecule has 1 atom stereocenters. The van der Waals surface area contributed by atoms with Crippen LogP contribution in [0.1, 0.15) is 0 Å². The predicted molar refractivity (Wildman–Crippen MR) is 118 cm³/mol. The van der Waals surface area contributed by atoms with Crippen molar-refractivity contribution < 1.29 is 9.84 Å². The Hall–Kier alpha value is -2.82. The Morgan fingerprint density at radius 3 is 2.61 bits per heavy atom. The lowest BCUT2D eigenvalue weighted by Crippen LogP contribution is -2.45. The van der Waals surface area contributed by atoms with Crippen LogP contribution in [0.3, 0.4) is 0 Å². The van der Waals surface area contributed by atoms with E-state index in [1.807, 2.05) is 4.90 Å². The van der Waals surface area contributed by atoms with Crippen molar-refractivity contribution in [1.82, 2.24) is 24.0 Å². The van der Waals surface area contributed by atoms with Gasteiger partial charge in [0.15, 0.2) is 11.2 Å². The molecule has 1 aliphatic heterocycles. The van der Waals surface area contributed by atoms with E-state index < -0.39 is 17.4 Å². The normalized spacial score (nSPS) is 15.4. The van der Waals surface area contributed by atoms with E-state index in [9.17, 15) is 14.7 Å². The van der Waals surface area contributed by atoms with E-state index >= 15 is 0 Å². The number of nitrogens with zero attached hydrogens (tertiary/aromatic N) is 5. The molecule has 0 bridgehead atoms. The van der Waals surface area contributed by atoms with Crippen molar-refractivity contribution in [3.05, 3.63) is 50.1 Å². The Morgan fingerprint density at radius 2 is 1.90 bits per heavy atom. The number of aryl methyl sites for hydroxylation is 1. The van der Waals surface area contributed by atoms with Crippen LogP contribution in [-0.2, 0) is 20.6 Å². The largest absolute Gasteiger partial charge is 0.489 e. The van der Waals surface area contributed by atoms with Crippen LogP contribution in [0.2, 0.25) is 5.02 Å². The molecule has 0 radical (unpaired) electrons. The van der Waals surface area contributed by atoms with Crippen LogP contribution in [0.5, 0.6) is 5.75 Å². The first-order chi connectivity index (χ1) is 14.9. The summed E-state index contributed by atoms with van der Waals surface area (Å²) in [4.78, 5) is 32.0. The van der Waals surface area contributed by atoms with Crippen LogP contribution in [0.15, 0.2) is 33.9 Å². The molecule has 0 unspecified atom stereocenters. The van der Waals surface area contributed by atoms with Crippen LogP contribution in [0, 0.1) is 0 Å². The first-order valence-electron chi connectivity index (χ1n) is 10.1. The van der Waals surface area contributed by atoms with E-state index in [1.165, 1.54) is 11.6 Å². The molecule has 1 saturated heterocycles. The summed E-state index contributed by atoms with van der Waals surface area (Å²) in [5.41, 5.74) is -0.335. The summed E-state index contributed by atoms with van der Waals surface area (Å²) in [7, 11) is 3.02. The van der Waals surface area contributed by atoms with E-state index in [0.717, 1.165) is 17.7 Å². The first kappa shape index (κ1) is 21.4. The van der Waals surface area contributed by atoms with Gasteiger partial charge in [0.25, 0.3) is 5.56 Å². The van der Waals surface area contributed by atoms with Gasteiger partial charge in [0, 0.05) is 40.3 Å². The zero-order chi connectivity index (χ0) is 22.1. The lowest BCUT2D eigenvalue weighted by molar-refractivity contribution is 0.0936. The van der Waals surface area contributed by atoms with Crippen molar-refractivity contribution in [2.24, 2.45) is 14.1 Å². The number of benzene rings is 1. The van der Waals surface area contributed by atoms with Crippen LogP contribution in [-0.4, -0.2) is 62.7 Å². The molecular weight excluding hydrogens is 424 g/mol. The van der Waals surface area contributed by atoms with Gasteiger partial charge in [-0.3, -0.25) is 13.9 Å². The minimum atomic E-state index is -0.933. The van der Waals surface area contributed by atoms with Crippen LogP contribution in [0.4, 0.5) is 5.95 Å². The van der Waals surface area contributed by atoms with E-state index in [-0.39, 0.29) is 18.7 Å². The minimum absolute atomic E-state index is 0.0174. The molecular formula is C20H25ClN6O4. The summed E-state index contributed by atoms with van der Waals surface area (Å²) in [6.07, 6.45) is -0.933. The zero-order valence-electron chi connectivity index (χ0n) is 17.4. The highest BCUT2D eigenvalue weighted by molar-refractivity contribution is 6.32. The Labute approximate surface area is 183 Å². The number of piperazine rings is 1. The van der Waals surface area contributed by atoms with Gasteiger partial charge in [0.05, 0.1) is 11.6 Å². The summed E-state index contributed by atoms with van der Waals surface area (Å²) in [6, 6.07) is 7.02. The highest BCUT2D eigenvalue weighted by atomic mass is 35.5. The molecule has 0 spiro atoms. The van der Waals surface area contributed by atoms with E-state index in [4.69, 9.17) is 16.3 Å². The van der Waals surface area contributed by atoms with Gasteiger partial charge >= 0.3 is 5.69 Å². The minimum Gasteiger partial charge on any atom is -0.489 e. The van der Waals surface area contributed by atoms with Crippen LogP contribution in [0.25, 0.3) is 11.2 Å². The Balaban J connectivity index is 1.71. The molecule has 0 saturated carbocycles. The molecule has 1 aliphatic rings. The number of aromatic nitrogens is 4. The summed E-state index contributed by atoms with van der Waals surface area (Å²) < 4.78 is 9.75. The van der Waals surface area contributed by atoms with Gasteiger partial charge in [0.1, 0.15) is 18.5 Å². The number of halogens is 1. The van der Waals surface area contributed by atoms with Gasteiger partial charge in [-0.15, -0.1) is 0 Å². The molecule has 166 valence electrons. The number of para-hydroxylation sites is 1. The van der Waals surface area contributed by atoms with Crippen molar-refractivity contribution >= 4 is 28.7 Å². The number of fused-ring (bicyclic) bond motifs is 1. The number of anilines is 1. The predicted octanol–water partition coefficient (Wildman–Crippen LogP) is -0.0634. The second-order valence-corrected chi connectivity index (χ2v) is 7.94. The zero-order valence-corrected chi connectivity index (χ0v) is 18.2. The fourth-order valence-electron chi connectivity index (χ4n) is 3.73. The summed E-state index contributed by atoms with van der Waals surface area (Å²) in [6.45, 7) is 3.01. The molecule has 2 N–H and O–H groups in total. The topological polar surface area (TPSA) is 107 Å². The van der Waals surface area contributed by atoms with E-state index in [0.29, 0.717) is 35.5 Å². The van der Waals surface area contributed by atoms with Gasteiger partial charge in [-0.2, -0.15) is 4.98 Å². The Morgan fingerprint density at radius 1 is 1.19 bits per heavy atom. The highest BCUT2D eigenvalue weighted by Crippen LogP contribution is 2.24. The third-order valence-electron chi connectivity index (χ3n) is 5.39. The quantitative estimate of drug-likeness (QED) is 0.544. The molecule has 11 heteroatoms. The molecule has 0 aliphatic carbocycles. The molecule has 2 aromatic heterocycles. The van der Waals surface area contributed by atoms with Gasteiger partial charge in [-0.05, 0) is 12.1 Å². The molecule has 3 heterocycles. The van der Waals surface area contributed by atoms with Crippen LogP contribution < -0.4 is 26.2 Å². The number of ether oxygens (including phenoxy) is 1. The SMILES string of the molecule is Cn1c(=O)c2c(nc(N3CCNCC3)n2C[C@@H](O)COc2ccccc2Cl)n(C)c1=O. The van der Waals surface area contributed by atoms with Crippen molar-refractivity contribution in [2.45, 2.75) is 12.6 Å².